The smallest absolute Gasteiger partial charge is 0.238 e. The highest BCUT2D eigenvalue weighted by atomic mass is 32.2. The molecule has 0 bridgehead atoms. The van der Waals surface area contributed by atoms with E-state index in [1.54, 1.807) is 19.1 Å². The number of benzene rings is 2. The molecular weight excluding hydrogens is 383 g/mol. The van der Waals surface area contributed by atoms with Crippen LogP contribution in [0.1, 0.15) is 18.9 Å². The van der Waals surface area contributed by atoms with Gasteiger partial charge in [0.1, 0.15) is 16.8 Å². The van der Waals surface area contributed by atoms with Crippen LogP contribution in [0.4, 0.5) is 10.1 Å². The first-order valence-electron chi connectivity index (χ1n) is 8.35. The normalized spacial score (nSPS) is 18.6. The number of nitrogens with zero attached hydrogens (tertiary/aromatic N) is 2. The Balaban J connectivity index is 1.69. The Bertz CT molecular complexity index is 943. The fourth-order valence-electron chi connectivity index (χ4n) is 2.38. The van der Waals surface area contributed by atoms with Crippen molar-refractivity contribution in [2.75, 3.05) is 5.32 Å². The molecule has 0 aromatic heterocycles. The van der Waals surface area contributed by atoms with E-state index < -0.39 is 11.1 Å². The van der Waals surface area contributed by atoms with Gasteiger partial charge >= 0.3 is 0 Å². The molecule has 2 aromatic carbocycles. The summed E-state index contributed by atoms with van der Waals surface area (Å²) in [6.45, 7) is 1.74. The number of phenolic OH excluding ortho intramolecular Hbond substituents is 1. The fraction of sp³-hybridized carbons (Fsp3) is 0.158. The van der Waals surface area contributed by atoms with Gasteiger partial charge in [0.25, 0.3) is 0 Å². The molecule has 0 radical (unpaired) electrons. The molecule has 28 heavy (non-hydrogen) atoms. The minimum atomic E-state index is -0.679. The predicted octanol–water partition coefficient (Wildman–Crippen LogP) is 2.87. The van der Waals surface area contributed by atoms with E-state index in [0.29, 0.717) is 11.4 Å². The minimum absolute atomic E-state index is 0.00261. The number of halogens is 1. The van der Waals surface area contributed by atoms with Crippen LogP contribution in [0.5, 0.6) is 5.75 Å². The van der Waals surface area contributed by atoms with Crippen molar-refractivity contribution in [1.29, 1.82) is 0 Å². The quantitative estimate of drug-likeness (QED) is 0.542. The number of phenols is 1. The van der Waals surface area contributed by atoms with Crippen LogP contribution in [0.3, 0.4) is 0 Å². The summed E-state index contributed by atoms with van der Waals surface area (Å²) in [5, 5.41) is 22.2. The lowest BCUT2D eigenvalue weighted by molar-refractivity contribution is -0.123. The summed E-state index contributed by atoms with van der Waals surface area (Å²) in [4.78, 5) is 24.3. The van der Waals surface area contributed by atoms with Crippen molar-refractivity contribution in [1.82, 2.24) is 5.32 Å². The van der Waals surface area contributed by atoms with Gasteiger partial charge in [0.15, 0.2) is 5.17 Å². The van der Waals surface area contributed by atoms with Crippen LogP contribution in [0.15, 0.2) is 58.7 Å². The van der Waals surface area contributed by atoms with Crippen LogP contribution in [-0.4, -0.2) is 33.1 Å². The Morgan fingerprint density at radius 2 is 1.89 bits per heavy atom. The van der Waals surface area contributed by atoms with Gasteiger partial charge in [-0.05, 0) is 61.0 Å². The van der Waals surface area contributed by atoms with Crippen molar-refractivity contribution >= 4 is 40.1 Å². The molecule has 1 atom stereocenters. The van der Waals surface area contributed by atoms with E-state index in [4.69, 9.17) is 0 Å². The van der Waals surface area contributed by atoms with Crippen molar-refractivity contribution in [3.63, 3.8) is 0 Å². The number of carbonyl (C=O) groups excluding carboxylic acids is 2. The van der Waals surface area contributed by atoms with Crippen molar-refractivity contribution in [2.24, 2.45) is 10.2 Å². The fourth-order valence-corrected chi connectivity index (χ4v) is 3.31. The predicted molar refractivity (Wildman–Crippen MR) is 107 cm³/mol. The number of hydrogen-bond donors (Lipinski definition) is 3. The van der Waals surface area contributed by atoms with Crippen molar-refractivity contribution in [3.05, 3.63) is 59.9 Å². The molecule has 1 fully saturated rings. The van der Waals surface area contributed by atoms with Crippen LogP contribution in [0.2, 0.25) is 0 Å². The highest BCUT2D eigenvalue weighted by molar-refractivity contribution is 8.15. The van der Waals surface area contributed by atoms with Gasteiger partial charge in [0, 0.05) is 12.1 Å². The number of nitrogens with one attached hydrogen (secondary N) is 2. The second-order valence-corrected chi connectivity index (χ2v) is 7.18. The molecule has 2 amide bonds. The highest BCUT2D eigenvalue weighted by Crippen LogP contribution is 2.23. The molecule has 1 saturated heterocycles. The molecule has 0 saturated carbocycles. The van der Waals surface area contributed by atoms with Crippen molar-refractivity contribution < 1.29 is 19.1 Å². The summed E-state index contributed by atoms with van der Waals surface area (Å²) in [5.41, 5.74) is 1.79. The van der Waals surface area contributed by atoms with E-state index in [0.717, 1.165) is 17.3 Å². The second-order valence-electron chi connectivity index (χ2n) is 5.99. The maximum atomic E-state index is 13.0. The van der Waals surface area contributed by atoms with E-state index in [1.165, 1.54) is 36.4 Å². The lowest BCUT2D eigenvalue weighted by atomic mass is 10.1. The molecule has 0 unspecified atom stereocenters. The number of aromatic hydroxyl groups is 1. The Morgan fingerprint density at radius 3 is 2.57 bits per heavy atom. The number of thioether (sulfide) groups is 1. The van der Waals surface area contributed by atoms with E-state index >= 15 is 0 Å². The number of anilines is 1. The van der Waals surface area contributed by atoms with Crippen molar-refractivity contribution in [2.45, 2.75) is 18.6 Å². The number of hydrogen-bond acceptors (Lipinski definition) is 6. The SMILES string of the molecule is C/C(=N\N=C1/NC(=O)C[C@@H](C(=O)Nc2ccc(F)cc2)S1)c1ccc(O)cc1. The van der Waals surface area contributed by atoms with Gasteiger partial charge in [-0.2, -0.15) is 5.10 Å². The first kappa shape index (κ1) is 19.6. The van der Waals surface area contributed by atoms with Gasteiger partial charge in [-0.3, -0.25) is 9.59 Å². The third kappa shape index (κ3) is 5.17. The Hall–Kier alpha value is -3.20. The topological polar surface area (TPSA) is 103 Å². The van der Waals surface area contributed by atoms with E-state index in [2.05, 4.69) is 20.8 Å². The molecule has 3 N–H and O–H groups in total. The molecule has 7 nitrogen and oxygen atoms in total. The lowest BCUT2D eigenvalue weighted by Crippen LogP contribution is -2.41. The van der Waals surface area contributed by atoms with Gasteiger partial charge in [0.2, 0.25) is 11.8 Å². The zero-order chi connectivity index (χ0) is 20.1. The maximum absolute atomic E-state index is 13.0. The second kappa shape index (κ2) is 8.66. The number of carbonyl (C=O) groups is 2. The largest absolute Gasteiger partial charge is 0.508 e. The third-order valence-corrected chi connectivity index (χ3v) is 4.92. The van der Waals surface area contributed by atoms with Crippen LogP contribution in [0.25, 0.3) is 0 Å². The number of amidine groups is 1. The van der Waals surface area contributed by atoms with E-state index in [9.17, 15) is 19.1 Å². The highest BCUT2D eigenvalue weighted by Gasteiger charge is 2.30. The summed E-state index contributed by atoms with van der Waals surface area (Å²) in [6.07, 6.45) is -0.00261. The van der Waals surface area contributed by atoms with Crippen molar-refractivity contribution in [3.8, 4) is 5.75 Å². The van der Waals surface area contributed by atoms with Crippen LogP contribution >= 0.6 is 11.8 Å². The molecule has 1 aliphatic rings. The molecule has 1 aliphatic heterocycles. The summed E-state index contributed by atoms with van der Waals surface area (Å²) in [7, 11) is 0. The zero-order valence-corrected chi connectivity index (χ0v) is 15.7. The minimum Gasteiger partial charge on any atom is -0.508 e. The molecule has 9 heteroatoms. The van der Waals surface area contributed by atoms with Crippen LogP contribution < -0.4 is 10.6 Å². The summed E-state index contributed by atoms with van der Waals surface area (Å²) in [6, 6.07) is 11.8. The number of amides is 2. The first-order valence-corrected chi connectivity index (χ1v) is 9.23. The van der Waals surface area contributed by atoms with Gasteiger partial charge in [-0.25, -0.2) is 4.39 Å². The Labute approximate surface area is 164 Å². The monoisotopic (exact) mass is 400 g/mol. The average Bonchev–Trinajstić information content (AvgIpc) is 2.68. The maximum Gasteiger partial charge on any atom is 0.238 e. The van der Waals surface area contributed by atoms with Gasteiger partial charge in [-0.1, -0.05) is 11.8 Å². The molecular formula is C19H17FN4O3S. The summed E-state index contributed by atoms with van der Waals surface area (Å²) >= 11 is 1.09. The first-order chi connectivity index (χ1) is 13.4. The van der Waals surface area contributed by atoms with Gasteiger partial charge < -0.3 is 15.7 Å². The van der Waals surface area contributed by atoms with Gasteiger partial charge in [0.05, 0.1) is 5.71 Å². The lowest BCUT2D eigenvalue weighted by Gasteiger charge is -2.21. The molecule has 0 aliphatic carbocycles. The Morgan fingerprint density at radius 1 is 1.21 bits per heavy atom. The standard InChI is InChI=1S/C19H17FN4O3S/c1-11(12-2-8-15(25)9-3-12)23-24-19-22-17(26)10-16(28-19)18(27)21-14-6-4-13(20)5-7-14/h2-9,16,25H,10H2,1H3,(H,21,27)(H,22,24,26)/b23-11+/t16-/m0/s1. The molecule has 3 rings (SSSR count). The summed E-state index contributed by atoms with van der Waals surface area (Å²) in [5.74, 6) is -0.971. The average molecular weight is 400 g/mol. The van der Waals surface area contributed by atoms with E-state index in [-0.39, 0.29) is 29.2 Å². The molecule has 1 heterocycles. The molecule has 0 spiro atoms. The molecule has 2 aromatic rings. The van der Waals surface area contributed by atoms with Gasteiger partial charge in [-0.15, -0.1) is 5.10 Å². The summed E-state index contributed by atoms with van der Waals surface area (Å²) < 4.78 is 13.0. The van der Waals surface area contributed by atoms with E-state index in [1.807, 2.05) is 0 Å². The zero-order valence-electron chi connectivity index (χ0n) is 14.8. The molecule has 144 valence electrons. The van der Waals surface area contributed by atoms with Crippen LogP contribution in [0, 0.1) is 5.82 Å². The van der Waals surface area contributed by atoms with Crippen LogP contribution in [-0.2, 0) is 9.59 Å². The third-order valence-electron chi connectivity index (χ3n) is 3.85. The Kier molecular flexibility index (Phi) is 6.05. The number of rotatable bonds is 4.